The molecule has 1 aromatic rings. The van der Waals surface area contributed by atoms with Crippen molar-refractivity contribution in [2.45, 2.75) is 51.5 Å². The van der Waals surface area contributed by atoms with E-state index in [1.807, 2.05) is 32.0 Å². The van der Waals surface area contributed by atoms with Crippen LogP contribution in [0.15, 0.2) is 24.3 Å². The van der Waals surface area contributed by atoms with E-state index in [9.17, 15) is 14.4 Å². The number of carbonyl (C=O) groups is 3. The van der Waals surface area contributed by atoms with Gasteiger partial charge in [-0.25, -0.2) is 4.79 Å². The first kappa shape index (κ1) is 17.5. The first-order valence-corrected chi connectivity index (χ1v) is 8.99. The number of hydrogen-bond acceptors (Lipinski definition) is 3. The van der Waals surface area contributed by atoms with Gasteiger partial charge in [0.25, 0.3) is 5.91 Å². The van der Waals surface area contributed by atoms with Crippen molar-refractivity contribution in [3.05, 3.63) is 29.8 Å². The molecule has 6 nitrogen and oxygen atoms in total. The highest BCUT2D eigenvalue weighted by molar-refractivity contribution is 6.10. The van der Waals surface area contributed by atoms with E-state index < -0.39 is 11.6 Å². The summed E-state index contributed by atoms with van der Waals surface area (Å²) in [7, 11) is 0. The minimum absolute atomic E-state index is 0.0898. The van der Waals surface area contributed by atoms with Crippen LogP contribution in [0, 0.1) is 5.92 Å². The van der Waals surface area contributed by atoms with Crippen LogP contribution in [0.4, 0.5) is 10.5 Å². The van der Waals surface area contributed by atoms with Crippen LogP contribution in [0.5, 0.6) is 0 Å². The summed E-state index contributed by atoms with van der Waals surface area (Å²) in [6.07, 6.45) is 4.42. The van der Waals surface area contributed by atoms with Crippen LogP contribution in [-0.2, 0) is 16.0 Å². The molecule has 134 valence electrons. The second kappa shape index (κ2) is 6.86. The second-order valence-corrected chi connectivity index (χ2v) is 7.04. The molecule has 1 saturated heterocycles. The quantitative estimate of drug-likeness (QED) is 0.825. The van der Waals surface area contributed by atoms with Gasteiger partial charge in [0.05, 0.1) is 0 Å². The van der Waals surface area contributed by atoms with Crippen molar-refractivity contribution in [3.8, 4) is 0 Å². The van der Waals surface area contributed by atoms with E-state index in [1.54, 1.807) is 6.07 Å². The van der Waals surface area contributed by atoms with Gasteiger partial charge in [-0.05, 0) is 42.9 Å². The molecule has 2 fully saturated rings. The van der Waals surface area contributed by atoms with Gasteiger partial charge in [-0.15, -0.1) is 0 Å². The second-order valence-electron chi connectivity index (χ2n) is 7.04. The van der Waals surface area contributed by atoms with E-state index in [0.29, 0.717) is 12.1 Å². The molecular weight excluding hydrogens is 318 g/mol. The van der Waals surface area contributed by atoms with Crippen LogP contribution >= 0.6 is 0 Å². The van der Waals surface area contributed by atoms with E-state index in [2.05, 4.69) is 10.6 Å². The Balaban J connectivity index is 1.68. The molecule has 1 aromatic carbocycles. The lowest BCUT2D eigenvalue weighted by Gasteiger charge is -2.36. The van der Waals surface area contributed by atoms with Crippen LogP contribution in [0.2, 0.25) is 0 Å². The van der Waals surface area contributed by atoms with Crippen molar-refractivity contribution in [3.63, 3.8) is 0 Å². The summed E-state index contributed by atoms with van der Waals surface area (Å²) in [6, 6.07) is 7.10. The summed E-state index contributed by atoms with van der Waals surface area (Å²) in [5.41, 5.74) is 0.970. The van der Waals surface area contributed by atoms with Gasteiger partial charge in [0.15, 0.2) is 0 Å². The minimum atomic E-state index is -0.822. The molecular formula is C19H25N3O3. The Hall–Kier alpha value is -2.37. The third kappa shape index (κ3) is 3.25. The van der Waals surface area contributed by atoms with Gasteiger partial charge in [0.2, 0.25) is 5.91 Å². The molecule has 25 heavy (non-hydrogen) atoms. The number of nitrogens with zero attached hydrogens (tertiary/aromatic N) is 1. The number of anilines is 1. The SMILES string of the molecule is CCc1cccc(NC(=O)CN2C(=O)NC3(CCCCC3C)C2=O)c1. The Kier molecular flexibility index (Phi) is 4.79. The van der Waals surface area contributed by atoms with Crippen molar-refractivity contribution >= 4 is 23.5 Å². The van der Waals surface area contributed by atoms with Crippen LogP contribution in [0.1, 0.15) is 45.1 Å². The molecule has 0 radical (unpaired) electrons. The highest BCUT2D eigenvalue weighted by Crippen LogP contribution is 2.38. The fourth-order valence-electron chi connectivity index (χ4n) is 3.85. The van der Waals surface area contributed by atoms with E-state index >= 15 is 0 Å². The van der Waals surface area contributed by atoms with Crippen LogP contribution in [-0.4, -0.2) is 34.8 Å². The predicted molar refractivity (Wildman–Crippen MR) is 95.1 cm³/mol. The number of amides is 4. The first-order chi connectivity index (χ1) is 12.0. The maximum atomic E-state index is 12.9. The molecule has 2 unspecified atom stereocenters. The molecule has 0 aromatic heterocycles. The molecule has 2 aliphatic rings. The number of aryl methyl sites for hydroxylation is 1. The summed E-state index contributed by atoms with van der Waals surface area (Å²) in [6.45, 7) is 3.78. The molecule has 1 aliphatic carbocycles. The summed E-state index contributed by atoms with van der Waals surface area (Å²) in [5, 5.41) is 5.64. The Morgan fingerprint density at radius 1 is 1.36 bits per heavy atom. The fraction of sp³-hybridized carbons (Fsp3) is 0.526. The Labute approximate surface area is 148 Å². The predicted octanol–water partition coefficient (Wildman–Crippen LogP) is 2.69. The average molecular weight is 343 g/mol. The molecule has 1 aliphatic heterocycles. The maximum Gasteiger partial charge on any atom is 0.325 e. The fourth-order valence-corrected chi connectivity index (χ4v) is 3.85. The van der Waals surface area contributed by atoms with E-state index in [1.165, 1.54) is 0 Å². The van der Waals surface area contributed by atoms with E-state index in [0.717, 1.165) is 36.1 Å². The van der Waals surface area contributed by atoms with Gasteiger partial charge in [-0.3, -0.25) is 14.5 Å². The minimum Gasteiger partial charge on any atom is -0.325 e. The van der Waals surface area contributed by atoms with Gasteiger partial charge in [0.1, 0.15) is 12.1 Å². The summed E-state index contributed by atoms with van der Waals surface area (Å²) >= 11 is 0. The zero-order valence-electron chi connectivity index (χ0n) is 14.8. The molecule has 6 heteroatoms. The van der Waals surface area contributed by atoms with Gasteiger partial charge >= 0.3 is 6.03 Å². The number of imide groups is 1. The summed E-state index contributed by atoms with van der Waals surface area (Å²) < 4.78 is 0. The highest BCUT2D eigenvalue weighted by atomic mass is 16.2. The van der Waals surface area contributed by atoms with Gasteiger partial charge in [-0.1, -0.05) is 38.8 Å². The number of nitrogens with one attached hydrogen (secondary N) is 2. The van der Waals surface area contributed by atoms with Crippen molar-refractivity contribution in [2.24, 2.45) is 5.92 Å². The smallest absolute Gasteiger partial charge is 0.325 e. The summed E-state index contributed by atoms with van der Waals surface area (Å²) in [4.78, 5) is 38.5. The Morgan fingerprint density at radius 3 is 2.88 bits per heavy atom. The lowest BCUT2D eigenvalue weighted by Crippen LogP contribution is -2.54. The number of benzene rings is 1. The zero-order valence-corrected chi connectivity index (χ0v) is 14.8. The van der Waals surface area contributed by atoms with E-state index in [4.69, 9.17) is 0 Å². The van der Waals surface area contributed by atoms with Gasteiger partial charge in [-0.2, -0.15) is 0 Å². The number of carbonyl (C=O) groups excluding carboxylic acids is 3. The summed E-state index contributed by atoms with van der Waals surface area (Å²) in [5.74, 6) is -0.536. The maximum absolute atomic E-state index is 12.9. The van der Waals surface area contributed by atoms with Crippen molar-refractivity contribution in [1.29, 1.82) is 0 Å². The molecule has 3 rings (SSSR count). The van der Waals surface area contributed by atoms with Crippen LogP contribution < -0.4 is 10.6 Å². The van der Waals surface area contributed by atoms with Crippen LogP contribution in [0.25, 0.3) is 0 Å². The molecule has 1 saturated carbocycles. The Morgan fingerprint density at radius 2 is 2.16 bits per heavy atom. The van der Waals surface area contributed by atoms with Crippen molar-refractivity contribution < 1.29 is 14.4 Å². The number of hydrogen-bond donors (Lipinski definition) is 2. The van der Waals surface area contributed by atoms with Crippen LogP contribution in [0.3, 0.4) is 0 Å². The lowest BCUT2D eigenvalue weighted by atomic mass is 9.73. The largest absolute Gasteiger partial charge is 0.325 e. The third-order valence-electron chi connectivity index (χ3n) is 5.42. The molecule has 0 bridgehead atoms. The highest BCUT2D eigenvalue weighted by Gasteiger charge is 2.55. The monoisotopic (exact) mass is 343 g/mol. The number of rotatable bonds is 4. The Bertz CT molecular complexity index is 703. The molecule has 2 N–H and O–H groups in total. The molecule has 1 spiro atoms. The standard InChI is InChI=1S/C19H25N3O3/c1-3-14-8-6-9-15(11-14)20-16(23)12-22-17(24)19(21-18(22)25)10-5-4-7-13(19)2/h6,8-9,11,13H,3-5,7,10,12H2,1-2H3,(H,20,23)(H,21,25). The molecule has 1 heterocycles. The average Bonchev–Trinajstić information content (AvgIpc) is 2.83. The van der Waals surface area contributed by atoms with Gasteiger partial charge < -0.3 is 10.6 Å². The zero-order chi connectivity index (χ0) is 18.0. The van der Waals surface area contributed by atoms with Crippen molar-refractivity contribution in [2.75, 3.05) is 11.9 Å². The third-order valence-corrected chi connectivity index (χ3v) is 5.42. The lowest BCUT2D eigenvalue weighted by molar-refractivity contribution is -0.136. The van der Waals surface area contributed by atoms with E-state index in [-0.39, 0.29) is 24.3 Å². The first-order valence-electron chi connectivity index (χ1n) is 8.99. The molecule has 4 amide bonds. The van der Waals surface area contributed by atoms with Gasteiger partial charge in [0, 0.05) is 5.69 Å². The number of urea groups is 1. The topological polar surface area (TPSA) is 78.5 Å². The normalized spacial score (nSPS) is 26.0. The molecule has 2 atom stereocenters. The van der Waals surface area contributed by atoms with Crippen molar-refractivity contribution in [1.82, 2.24) is 10.2 Å².